The molecule has 0 aromatic carbocycles. The summed E-state index contributed by atoms with van der Waals surface area (Å²) in [5.41, 5.74) is 0. The van der Waals surface area contributed by atoms with Gasteiger partial charge in [-0.1, -0.05) is 0 Å². The van der Waals surface area contributed by atoms with Gasteiger partial charge in [0.05, 0.1) is 12.0 Å². The molecule has 1 saturated carbocycles. The Hall–Kier alpha value is -1.43. The smallest absolute Gasteiger partial charge is 0.377 e. The van der Waals surface area contributed by atoms with Crippen molar-refractivity contribution in [2.45, 2.75) is 18.4 Å². The van der Waals surface area contributed by atoms with Crippen LogP contribution in [0.2, 0.25) is 0 Å². The van der Waals surface area contributed by atoms with E-state index in [1.54, 1.807) is 7.11 Å². The monoisotopic (exact) mass is 184 g/mol. The average molecular weight is 184 g/mol. The van der Waals surface area contributed by atoms with Crippen molar-refractivity contribution >= 4 is 5.97 Å². The molecule has 1 aromatic rings. The number of hydrogen-bond donors (Lipinski definition) is 1. The normalized spacial score (nSPS) is 25.9. The standard InChI is InChI=1S/C7H8N2O4/c1-12-4-2-3(4)6-8-5(7(10)11)9-13-6/h3-4H,2H2,1H3,(H,10,11). The van der Waals surface area contributed by atoms with Crippen LogP contribution >= 0.6 is 0 Å². The van der Waals surface area contributed by atoms with Crippen molar-refractivity contribution in [2.75, 3.05) is 7.11 Å². The largest absolute Gasteiger partial charge is 0.475 e. The number of aromatic nitrogens is 2. The third kappa shape index (κ3) is 1.40. The van der Waals surface area contributed by atoms with Crippen molar-refractivity contribution in [1.29, 1.82) is 0 Å². The van der Waals surface area contributed by atoms with Gasteiger partial charge in [0.25, 0.3) is 5.82 Å². The first-order valence-corrected chi connectivity index (χ1v) is 3.82. The number of carbonyl (C=O) groups is 1. The summed E-state index contributed by atoms with van der Waals surface area (Å²) in [6, 6.07) is 0. The van der Waals surface area contributed by atoms with Gasteiger partial charge in [-0.25, -0.2) is 4.79 Å². The third-order valence-corrected chi connectivity index (χ3v) is 1.98. The van der Waals surface area contributed by atoms with Gasteiger partial charge in [-0.05, 0) is 11.6 Å². The first-order chi connectivity index (χ1) is 6.22. The molecule has 1 heterocycles. The van der Waals surface area contributed by atoms with Crippen LogP contribution in [0.1, 0.15) is 28.8 Å². The van der Waals surface area contributed by atoms with E-state index >= 15 is 0 Å². The maximum Gasteiger partial charge on any atom is 0.377 e. The number of aromatic carboxylic acids is 1. The van der Waals surface area contributed by atoms with E-state index in [1.807, 2.05) is 0 Å². The zero-order valence-corrected chi connectivity index (χ0v) is 6.93. The van der Waals surface area contributed by atoms with Gasteiger partial charge in [0, 0.05) is 7.11 Å². The Labute approximate surface area is 73.5 Å². The number of carboxylic acids is 1. The van der Waals surface area contributed by atoms with Crippen LogP contribution in [0.25, 0.3) is 0 Å². The molecular formula is C7H8N2O4. The molecule has 0 bridgehead atoms. The van der Waals surface area contributed by atoms with Gasteiger partial charge in [-0.2, -0.15) is 4.98 Å². The van der Waals surface area contributed by atoms with Crippen molar-refractivity contribution in [1.82, 2.24) is 10.1 Å². The van der Waals surface area contributed by atoms with Crippen LogP contribution in [-0.4, -0.2) is 34.4 Å². The van der Waals surface area contributed by atoms with Crippen LogP contribution < -0.4 is 0 Å². The van der Waals surface area contributed by atoms with E-state index in [-0.39, 0.29) is 17.8 Å². The molecule has 2 atom stereocenters. The zero-order chi connectivity index (χ0) is 9.42. The lowest BCUT2D eigenvalue weighted by Crippen LogP contribution is -1.99. The van der Waals surface area contributed by atoms with Crippen LogP contribution in [-0.2, 0) is 4.74 Å². The maximum atomic E-state index is 10.4. The second-order valence-corrected chi connectivity index (χ2v) is 2.88. The summed E-state index contributed by atoms with van der Waals surface area (Å²) >= 11 is 0. The Morgan fingerprint density at radius 2 is 2.54 bits per heavy atom. The second kappa shape index (κ2) is 2.81. The van der Waals surface area contributed by atoms with Gasteiger partial charge in [-0.15, -0.1) is 0 Å². The Bertz CT molecular complexity index is 335. The summed E-state index contributed by atoms with van der Waals surface area (Å²) in [6.07, 6.45) is 0.916. The molecule has 0 saturated heterocycles. The van der Waals surface area contributed by atoms with Crippen LogP contribution in [0.4, 0.5) is 0 Å². The molecule has 0 aliphatic heterocycles. The first kappa shape index (κ1) is 8.18. The SMILES string of the molecule is COC1CC1c1nc(C(=O)O)no1. The topological polar surface area (TPSA) is 85.5 Å². The number of rotatable bonds is 3. The summed E-state index contributed by atoms with van der Waals surface area (Å²) in [5.74, 6) is -1.05. The Kier molecular flexibility index (Phi) is 1.77. The van der Waals surface area contributed by atoms with Crippen LogP contribution in [0, 0.1) is 0 Å². The number of nitrogens with zero attached hydrogens (tertiary/aromatic N) is 2. The van der Waals surface area contributed by atoms with Crippen molar-refractivity contribution < 1.29 is 19.2 Å². The summed E-state index contributed by atoms with van der Waals surface area (Å²) in [4.78, 5) is 14.1. The van der Waals surface area contributed by atoms with Crippen molar-refractivity contribution in [3.05, 3.63) is 11.7 Å². The van der Waals surface area contributed by atoms with Gasteiger partial charge in [0.2, 0.25) is 5.89 Å². The van der Waals surface area contributed by atoms with E-state index in [2.05, 4.69) is 10.1 Å². The quantitative estimate of drug-likeness (QED) is 0.725. The summed E-state index contributed by atoms with van der Waals surface area (Å²) in [5, 5.41) is 11.8. The van der Waals surface area contributed by atoms with E-state index in [9.17, 15) is 4.79 Å². The highest BCUT2D eigenvalue weighted by Crippen LogP contribution is 2.41. The Balaban J connectivity index is 2.11. The lowest BCUT2D eigenvalue weighted by Gasteiger charge is -1.89. The summed E-state index contributed by atoms with van der Waals surface area (Å²) in [6.45, 7) is 0. The van der Waals surface area contributed by atoms with Crippen molar-refractivity contribution in [2.24, 2.45) is 0 Å². The maximum absolute atomic E-state index is 10.4. The second-order valence-electron chi connectivity index (χ2n) is 2.88. The summed E-state index contributed by atoms with van der Waals surface area (Å²) < 4.78 is 9.78. The molecule has 6 heteroatoms. The molecule has 13 heavy (non-hydrogen) atoms. The number of methoxy groups -OCH3 is 1. The minimum absolute atomic E-state index is 0.0746. The molecule has 1 aliphatic rings. The third-order valence-electron chi connectivity index (χ3n) is 1.98. The predicted molar refractivity (Wildman–Crippen MR) is 39.4 cm³/mol. The summed E-state index contributed by atoms with van der Waals surface area (Å²) in [7, 11) is 1.60. The highest BCUT2D eigenvalue weighted by Gasteiger charge is 2.43. The van der Waals surface area contributed by atoms with Gasteiger partial charge < -0.3 is 14.4 Å². The van der Waals surface area contributed by atoms with E-state index < -0.39 is 5.97 Å². The highest BCUT2D eigenvalue weighted by molar-refractivity contribution is 5.82. The molecule has 2 unspecified atom stereocenters. The van der Waals surface area contributed by atoms with Gasteiger partial charge in [-0.3, -0.25) is 0 Å². The van der Waals surface area contributed by atoms with E-state index in [0.717, 1.165) is 6.42 Å². The fourth-order valence-electron chi connectivity index (χ4n) is 1.16. The van der Waals surface area contributed by atoms with Crippen LogP contribution in [0.3, 0.4) is 0 Å². The number of ether oxygens (including phenoxy) is 1. The first-order valence-electron chi connectivity index (χ1n) is 3.82. The van der Waals surface area contributed by atoms with E-state index in [4.69, 9.17) is 14.4 Å². The molecule has 0 spiro atoms. The minimum atomic E-state index is -1.18. The predicted octanol–water partition coefficient (Wildman–Crippen LogP) is 0.270. The highest BCUT2D eigenvalue weighted by atomic mass is 16.5. The lowest BCUT2D eigenvalue weighted by molar-refractivity contribution is 0.0680. The minimum Gasteiger partial charge on any atom is -0.475 e. The van der Waals surface area contributed by atoms with Crippen molar-refractivity contribution in [3.8, 4) is 0 Å². The van der Waals surface area contributed by atoms with Gasteiger partial charge in [0.1, 0.15) is 0 Å². The molecule has 2 rings (SSSR count). The van der Waals surface area contributed by atoms with Crippen molar-refractivity contribution in [3.63, 3.8) is 0 Å². The zero-order valence-electron chi connectivity index (χ0n) is 6.93. The van der Waals surface area contributed by atoms with Gasteiger partial charge in [0.15, 0.2) is 0 Å². The molecule has 6 nitrogen and oxygen atoms in total. The van der Waals surface area contributed by atoms with Crippen LogP contribution in [0.5, 0.6) is 0 Å². The molecule has 0 amide bonds. The van der Waals surface area contributed by atoms with Crippen LogP contribution in [0.15, 0.2) is 4.52 Å². The lowest BCUT2D eigenvalue weighted by atomic mass is 10.4. The molecule has 1 aromatic heterocycles. The average Bonchev–Trinajstić information content (AvgIpc) is 2.73. The molecule has 0 radical (unpaired) electrons. The molecule has 1 aliphatic carbocycles. The fraction of sp³-hybridized carbons (Fsp3) is 0.571. The number of hydrogen-bond acceptors (Lipinski definition) is 5. The fourth-order valence-corrected chi connectivity index (χ4v) is 1.16. The number of carboxylic acid groups (broad SMARTS) is 1. The van der Waals surface area contributed by atoms with E-state index in [0.29, 0.717) is 5.89 Å². The molecule has 70 valence electrons. The van der Waals surface area contributed by atoms with Gasteiger partial charge >= 0.3 is 5.97 Å². The Morgan fingerprint density at radius 3 is 3.00 bits per heavy atom. The Morgan fingerprint density at radius 1 is 1.77 bits per heavy atom. The molecule has 1 fully saturated rings. The van der Waals surface area contributed by atoms with E-state index in [1.165, 1.54) is 0 Å². The molecular weight excluding hydrogens is 176 g/mol. The molecule has 1 N–H and O–H groups in total.